The van der Waals surface area contributed by atoms with Crippen LogP contribution in [0.25, 0.3) is 0 Å². The lowest BCUT2D eigenvalue weighted by atomic mass is 9.96. The highest BCUT2D eigenvalue weighted by molar-refractivity contribution is 6.74. The van der Waals surface area contributed by atoms with Crippen molar-refractivity contribution < 1.29 is 19.0 Å². The van der Waals surface area contributed by atoms with Gasteiger partial charge in [-0.2, -0.15) is 0 Å². The van der Waals surface area contributed by atoms with Crippen molar-refractivity contribution in [2.75, 3.05) is 13.2 Å². The Kier molecular flexibility index (Phi) is 6.06. The first-order valence-electron chi connectivity index (χ1n) is 7.99. The van der Waals surface area contributed by atoms with Crippen molar-refractivity contribution in [1.82, 2.24) is 0 Å². The van der Waals surface area contributed by atoms with E-state index in [2.05, 4.69) is 33.9 Å². The van der Waals surface area contributed by atoms with Crippen LogP contribution in [0.1, 0.15) is 48.0 Å². The Bertz CT molecular complexity index is 336. The number of hydrogen-bond acceptors (Lipinski definition) is 4. The largest absolute Gasteiger partial charge is 0.417 e. The molecule has 0 bridgehead atoms. The Morgan fingerprint density at radius 1 is 1.33 bits per heavy atom. The van der Waals surface area contributed by atoms with E-state index >= 15 is 0 Å². The van der Waals surface area contributed by atoms with Crippen LogP contribution in [0, 0.1) is 5.92 Å². The van der Waals surface area contributed by atoms with E-state index in [4.69, 9.17) is 13.9 Å². The topological polar surface area (TPSA) is 47.9 Å². The molecule has 5 heteroatoms. The maximum Gasteiger partial charge on any atom is 0.191 e. The molecule has 1 aliphatic rings. The first kappa shape index (κ1) is 19.1. The summed E-state index contributed by atoms with van der Waals surface area (Å²) in [6, 6.07) is 0. The molecule has 0 spiro atoms. The van der Waals surface area contributed by atoms with Crippen molar-refractivity contribution in [3.8, 4) is 0 Å². The zero-order chi connectivity index (χ0) is 16.5. The molecule has 1 rings (SSSR count). The monoisotopic (exact) mass is 318 g/mol. The van der Waals surface area contributed by atoms with Gasteiger partial charge in [-0.3, -0.25) is 0 Å². The third-order valence-electron chi connectivity index (χ3n) is 4.91. The number of hydrogen-bond donors (Lipinski definition) is 1. The van der Waals surface area contributed by atoms with Crippen molar-refractivity contribution in [3.63, 3.8) is 0 Å². The Morgan fingerprint density at radius 3 is 2.33 bits per heavy atom. The highest BCUT2D eigenvalue weighted by Crippen LogP contribution is 2.36. The van der Waals surface area contributed by atoms with Gasteiger partial charge in [-0.1, -0.05) is 27.7 Å². The highest BCUT2D eigenvalue weighted by atomic mass is 28.4. The van der Waals surface area contributed by atoms with Crippen molar-refractivity contribution in [2.45, 2.75) is 84.1 Å². The Hall–Kier alpha value is 0.0569. The molecular formula is C16H34O4Si. The van der Waals surface area contributed by atoms with Gasteiger partial charge in [-0.25, -0.2) is 0 Å². The van der Waals surface area contributed by atoms with Crippen molar-refractivity contribution in [2.24, 2.45) is 5.92 Å². The fourth-order valence-corrected chi connectivity index (χ4v) is 3.20. The number of ether oxygens (including phenoxy) is 2. The van der Waals surface area contributed by atoms with Gasteiger partial charge in [0.15, 0.2) is 14.1 Å². The maximum absolute atomic E-state index is 10.3. The number of rotatable bonds is 6. The van der Waals surface area contributed by atoms with E-state index < -0.39 is 20.2 Å². The van der Waals surface area contributed by atoms with Gasteiger partial charge in [0.05, 0.1) is 18.8 Å². The summed E-state index contributed by atoms with van der Waals surface area (Å²) in [5, 5.41) is 10.6. The molecule has 1 aliphatic heterocycles. The average Bonchev–Trinajstić information content (AvgIpc) is 2.66. The van der Waals surface area contributed by atoms with Crippen LogP contribution in [0.5, 0.6) is 0 Å². The predicted octanol–water partition coefficient (Wildman–Crippen LogP) is 3.55. The molecule has 0 aliphatic carbocycles. The highest BCUT2D eigenvalue weighted by Gasteiger charge is 2.39. The fourth-order valence-electron chi connectivity index (χ4n) is 2.14. The summed E-state index contributed by atoms with van der Waals surface area (Å²) in [5.41, 5.74) is 0. The molecule has 3 atom stereocenters. The fraction of sp³-hybridized carbons (Fsp3) is 1.00. The van der Waals surface area contributed by atoms with Crippen LogP contribution in [0.4, 0.5) is 0 Å². The second kappa shape index (κ2) is 6.67. The first-order valence-corrected chi connectivity index (χ1v) is 10.9. The van der Waals surface area contributed by atoms with Crippen molar-refractivity contribution >= 4 is 8.32 Å². The summed E-state index contributed by atoms with van der Waals surface area (Å²) in [6.07, 6.45) is 0.189. The summed E-state index contributed by atoms with van der Waals surface area (Å²) in [7, 11) is -1.73. The SMILES string of the molecule is C[C@H]([C@@H](O)CCO[Si](C)(C)C(C)(C)C)[C@H]1COC(C)(C)O1. The molecular weight excluding hydrogens is 284 g/mol. The zero-order valence-electron chi connectivity index (χ0n) is 15.0. The lowest BCUT2D eigenvalue weighted by Gasteiger charge is -2.36. The quantitative estimate of drug-likeness (QED) is 0.761. The van der Waals surface area contributed by atoms with Crippen LogP contribution in [0.3, 0.4) is 0 Å². The lowest BCUT2D eigenvalue weighted by Crippen LogP contribution is -2.42. The van der Waals surface area contributed by atoms with Crippen molar-refractivity contribution in [3.05, 3.63) is 0 Å². The minimum atomic E-state index is -1.73. The molecule has 4 nitrogen and oxygen atoms in total. The summed E-state index contributed by atoms with van der Waals surface area (Å²) in [6.45, 7) is 18.1. The zero-order valence-corrected chi connectivity index (χ0v) is 16.0. The van der Waals surface area contributed by atoms with Gasteiger partial charge in [-0.15, -0.1) is 0 Å². The van der Waals surface area contributed by atoms with Gasteiger partial charge in [0.1, 0.15) is 0 Å². The second-order valence-electron chi connectivity index (χ2n) is 8.19. The molecule has 0 aromatic heterocycles. The molecule has 0 saturated carbocycles. The molecule has 0 amide bonds. The van der Waals surface area contributed by atoms with E-state index in [1.807, 2.05) is 20.8 Å². The van der Waals surface area contributed by atoms with Crippen molar-refractivity contribution in [1.29, 1.82) is 0 Å². The van der Waals surface area contributed by atoms with Gasteiger partial charge >= 0.3 is 0 Å². The van der Waals surface area contributed by atoms with Crippen LogP contribution in [-0.2, 0) is 13.9 Å². The average molecular weight is 319 g/mol. The van der Waals surface area contributed by atoms with E-state index in [1.165, 1.54) is 0 Å². The van der Waals surface area contributed by atoms with Gasteiger partial charge in [-0.05, 0) is 38.4 Å². The minimum absolute atomic E-state index is 0.0390. The molecule has 0 unspecified atom stereocenters. The summed E-state index contributed by atoms with van der Waals surface area (Å²) < 4.78 is 17.5. The molecule has 1 saturated heterocycles. The third kappa shape index (κ3) is 5.32. The van der Waals surface area contributed by atoms with E-state index in [0.29, 0.717) is 19.6 Å². The van der Waals surface area contributed by atoms with Gasteiger partial charge in [0, 0.05) is 12.5 Å². The Balaban J connectivity index is 2.39. The third-order valence-corrected chi connectivity index (χ3v) is 9.44. The van der Waals surface area contributed by atoms with Gasteiger partial charge in [0.2, 0.25) is 0 Å². The summed E-state index contributed by atoms with van der Waals surface area (Å²) in [5.74, 6) is -0.481. The number of aliphatic hydroxyl groups excluding tert-OH is 1. The minimum Gasteiger partial charge on any atom is -0.417 e. The van der Waals surface area contributed by atoms with Crippen LogP contribution in [0.15, 0.2) is 0 Å². The van der Waals surface area contributed by atoms with E-state index in [9.17, 15) is 5.11 Å². The van der Waals surface area contributed by atoms with E-state index in [-0.39, 0.29) is 17.1 Å². The molecule has 1 N–H and O–H groups in total. The summed E-state index contributed by atoms with van der Waals surface area (Å²) >= 11 is 0. The predicted molar refractivity (Wildman–Crippen MR) is 87.8 cm³/mol. The van der Waals surface area contributed by atoms with Crippen LogP contribution < -0.4 is 0 Å². The molecule has 21 heavy (non-hydrogen) atoms. The first-order chi connectivity index (χ1) is 9.36. The summed E-state index contributed by atoms with van der Waals surface area (Å²) in [4.78, 5) is 0. The van der Waals surface area contributed by atoms with E-state index in [0.717, 1.165) is 0 Å². The smallest absolute Gasteiger partial charge is 0.191 e. The molecule has 126 valence electrons. The normalized spacial score (nSPS) is 25.9. The van der Waals surface area contributed by atoms with Crippen LogP contribution >= 0.6 is 0 Å². The molecule has 0 radical (unpaired) electrons. The maximum atomic E-state index is 10.3. The van der Waals surface area contributed by atoms with Crippen LogP contribution in [-0.4, -0.2) is 44.6 Å². The Morgan fingerprint density at radius 2 is 1.90 bits per heavy atom. The molecule has 0 aromatic carbocycles. The Labute approximate surface area is 131 Å². The standard InChI is InChI=1S/C16H34O4Si/c1-12(14-11-18-16(5,6)20-14)13(17)9-10-19-21(7,8)15(2,3)4/h12-14,17H,9-11H2,1-8H3/t12-,13+,14-/m1/s1. The molecule has 1 heterocycles. The molecule has 0 aromatic rings. The lowest BCUT2D eigenvalue weighted by molar-refractivity contribution is -0.148. The van der Waals surface area contributed by atoms with Gasteiger partial charge < -0.3 is 19.0 Å². The van der Waals surface area contributed by atoms with Crippen LogP contribution in [0.2, 0.25) is 18.1 Å². The second-order valence-corrected chi connectivity index (χ2v) is 13.0. The number of aliphatic hydroxyl groups is 1. The van der Waals surface area contributed by atoms with E-state index in [1.54, 1.807) is 0 Å². The van der Waals surface area contributed by atoms with Gasteiger partial charge in [0.25, 0.3) is 0 Å². The molecule has 1 fully saturated rings.